The molecule has 0 radical (unpaired) electrons. The number of nitrogens with two attached hydrogens (primary N) is 1. The number of nitrogen functional groups attached to an aromatic ring is 1. The van der Waals surface area contributed by atoms with Crippen LogP contribution in [0.1, 0.15) is 5.56 Å². The first-order valence-corrected chi connectivity index (χ1v) is 5.91. The quantitative estimate of drug-likeness (QED) is 0.697. The lowest BCUT2D eigenvalue weighted by atomic mass is 10.1. The van der Waals surface area contributed by atoms with E-state index >= 15 is 0 Å². The number of benzene rings is 1. The van der Waals surface area contributed by atoms with Crippen molar-refractivity contribution in [3.63, 3.8) is 0 Å². The molecule has 4 heteroatoms. The van der Waals surface area contributed by atoms with Crippen LogP contribution < -0.4 is 5.73 Å². The summed E-state index contributed by atoms with van der Waals surface area (Å²) >= 11 is 1.65. The fourth-order valence-electron chi connectivity index (χ4n) is 1.77. The highest BCUT2D eigenvalue weighted by atomic mass is 32.1. The molecule has 2 heterocycles. The van der Waals surface area contributed by atoms with Crippen molar-refractivity contribution in [2.75, 3.05) is 5.73 Å². The molecular weight excluding hydrogens is 218 g/mol. The third kappa shape index (κ3) is 1.31. The van der Waals surface area contributed by atoms with Crippen LogP contribution in [0.2, 0.25) is 0 Å². The largest absolute Gasteiger partial charge is 0.369 e. The van der Waals surface area contributed by atoms with Crippen LogP contribution >= 0.6 is 11.3 Å². The van der Waals surface area contributed by atoms with Crippen molar-refractivity contribution in [3.05, 3.63) is 41.4 Å². The average molecular weight is 229 g/mol. The van der Waals surface area contributed by atoms with Crippen molar-refractivity contribution in [3.8, 4) is 11.3 Å². The summed E-state index contributed by atoms with van der Waals surface area (Å²) in [6.45, 7) is 2.08. The van der Waals surface area contributed by atoms with Gasteiger partial charge in [-0.15, -0.1) is 11.3 Å². The fourth-order valence-corrected chi connectivity index (χ4v) is 2.65. The van der Waals surface area contributed by atoms with Gasteiger partial charge in [0.15, 0.2) is 0 Å². The highest BCUT2D eigenvalue weighted by Crippen LogP contribution is 2.28. The Morgan fingerprint density at radius 1 is 1.25 bits per heavy atom. The van der Waals surface area contributed by atoms with Gasteiger partial charge in [0.1, 0.15) is 4.83 Å². The van der Waals surface area contributed by atoms with Crippen molar-refractivity contribution in [2.24, 2.45) is 0 Å². The van der Waals surface area contributed by atoms with Crippen LogP contribution in [-0.4, -0.2) is 9.38 Å². The molecule has 0 aliphatic heterocycles. The second-order valence-electron chi connectivity index (χ2n) is 3.78. The Morgan fingerprint density at radius 2 is 2.00 bits per heavy atom. The number of hydrogen-bond donors (Lipinski definition) is 1. The molecule has 2 aromatic heterocycles. The molecular formula is C12H11N3S. The first kappa shape index (κ1) is 9.42. The predicted molar refractivity (Wildman–Crippen MR) is 67.7 cm³/mol. The molecule has 0 saturated heterocycles. The third-order valence-corrected chi connectivity index (χ3v) is 3.51. The standard InChI is InChI=1S/C12H11N3S/c1-8-2-4-9(5-3-8)10-7-16-11-6-14-12(13)15(10)11/h2-7H,1H3,(H2,13,14). The van der Waals surface area contributed by atoms with Crippen LogP contribution in [0.5, 0.6) is 0 Å². The second-order valence-corrected chi connectivity index (χ2v) is 4.67. The summed E-state index contributed by atoms with van der Waals surface area (Å²) in [5.74, 6) is 0.548. The first-order chi connectivity index (χ1) is 7.75. The lowest BCUT2D eigenvalue weighted by Crippen LogP contribution is -1.94. The predicted octanol–water partition coefficient (Wildman–Crippen LogP) is 2.95. The number of fused-ring (bicyclic) bond motifs is 1. The molecule has 3 nitrogen and oxygen atoms in total. The van der Waals surface area contributed by atoms with Gasteiger partial charge >= 0.3 is 0 Å². The molecule has 0 fully saturated rings. The van der Waals surface area contributed by atoms with Crippen LogP contribution in [0.4, 0.5) is 5.95 Å². The van der Waals surface area contributed by atoms with Crippen molar-refractivity contribution >= 4 is 22.1 Å². The van der Waals surface area contributed by atoms with Crippen molar-refractivity contribution in [2.45, 2.75) is 6.92 Å². The molecule has 0 saturated carbocycles. The maximum absolute atomic E-state index is 5.85. The molecule has 0 unspecified atom stereocenters. The Bertz CT molecular complexity index is 634. The van der Waals surface area contributed by atoms with Gasteiger partial charge in [-0.3, -0.25) is 4.40 Å². The Hall–Kier alpha value is -1.81. The zero-order valence-corrected chi connectivity index (χ0v) is 9.66. The molecule has 0 aliphatic carbocycles. The van der Waals surface area contributed by atoms with Crippen LogP contribution in [0.25, 0.3) is 16.1 Å². The topological polar surface area (TPSA) is 43.3 Å². The molecule has 0 aliphatic rings. The van der Waals surface area contributed by atoms with Gasteiger partial charge in [0.2, 0.25) is 5.95 Å². The van der Waals surface area contributed by atoms with Crippen molar-refractivity contribution < 1.29 is 0 Å². The summed E-state index contributed by atoms with van der Waals surface area (Å²) < 4.78 is 1.98. The molecule has 80 valence electrons. The Morgan fingerprint density at radius 3 is 2.75 bits per heavy atom. The van der Waals surface area contributed by atoms with E-state index in [4.69, 9.17) is 5.73 Å². The summed E-state index contributed by atoms with van der Waals surface area (Å²) in [5.41, 5.74) is 9.38. The van der Waals surface area contributed by atoms with E-state index < -0.39 is 0 Å². The molecule has 16 heavy (non-hydrogen) atoms. The Kier molecular flexibility index (Phi) is 1.97. The third-order valence-electron chi connectivity index (χ3n) is 2.64. The van der Waals surface area contributed by atoms with E-state index in [0.29, 0.717) is 5.95 Å². The van der Waals surface area contributed by atoms with E-state index in [1.54, 1.807) is 17.5 Å². The number of imidazole rings is 1. The zero-order chi connectivity index (χ0) is 11.1. The smallest absolute Gasteiger partial charge is 0.206 e. The van der Waals surface area contributed by atoms with E-state index in [0.717, 1.165) is 10.5 Å². The van der Waals surface area contributed by atoms with Crippen molar-refractivity contribution in [1.82, 2.24) is 9.38 Å². The normalized spacial score (nSPS) is 11.1. The van der Waals surface area contributed by atoms with Gasteiger partial charge in [0.05, 0.1) is 11.9 Å². The number of hydrogen-bond acceptors (Lipinski definition) is 3. The van der Waals surface area contributed by atoms with Gasteiger partial charge in [0, 0.05) is 5.38 Å². The SMILES string of the molecule is Cc1ccc(-c2csc3cnc(N)n23)cc1. The molecule has 0 amide bonds. The number of aryl methyl sites for hydroxylation is 1. The number of aromatic nitrogens is 2. The average Bonchev–Trinajstić information content (AvgIpc) is 2.84. The van der Waals surface area contributed by atoms with Gasteiger partial charge in [-0.25, -0.2) is 4.98 Å². The number of anilines is 1. The molecule has 3 rings (SSSR count). The number of nitrogens with zero attached hydrogens (tertiary/aromatic N) is 2. The number of thiazole rings is 1. The summed E-state index contributed by atoms with van der Waals surface area (Å²) in [5, 5.41) is 2.11. The summed E-state index contributed by atoms with van der Waals surface area (Å²) in [6, 6.07) is 8.42. The van der Waals surface area contributed by atoms with E-state index in [1.807, 2.05) is 4.40 Å². The second kappa shape index (κ2) is 3.35. The lowest BCUT2D eigenvalue weighted by molar-refractivity contribution is 1.20. The molecule has 3 aromatic rings. The van der Waals surface area contributed by atoms with E-state index in [2.05, 4.69) is 41.6 Å². The van der Waals surface area contributed by atoms with Crippen LogP contribution in [0, 0.1) is 6.92 Å². The maximum atomic E-state index is 5.85. The summed E-state index contributed by atoms with van der Waals surface area (Å²) in [7, 11) is 0. The van der Waals surface area contributed by atoms with Gasteiger partial charge in [-0.05, 0) is 12.5 Å². The molecule has 0 spiro atoms. The minimum absolute atomic E-state index is 0.548. The van der Waals surface area contributed by atoms with Gasteiger partial charge in [-0.2, -0.15) is 0 Å². The fraction of sp³-hybridized carbons (Fsp3) is 0.0833. The van der Waals surface area contributed by atoms with Crippen LogP contribution in [-0.2, 0) is 0 Å². The summed E-state index contributed by atoms with van der Waals surface area (Å²) in [4.78, 5) is 5.19. The van der Waals surface area contributed by atoms with Crippen molar-refractivity contribution in [1.29, 1.82) is 0 Å². The zero-order valence-electron chi connectivity index (χ0n) is 8.84. The van der Waals surface area contributed by atoms with Crippen LogP contribution in [0.3, 0.4) is 0 Å². The molecule has 0 bridgehead atoms. The molecule has 2 N–H and O–H groups in total. The first-order valence-electron chi connectivity index (χ1n) is 5.03. The van der Waals surface area contributed by atoms with Gasteiger partial charge in [-0.1, -0.05) is 29.8 Å². The van der Waals surface area contributed by atoms with E-state index in [-0.39, 0.29) is 0 Å². The van der Waals surface area contributed by atoms with E-state index in [9.17, 15) is 0 Å². The minimum atomic E-state index is 0.548. The van der Waals surface area contributed by atoms with Gasteiger partial charge < -0.3 is 5.73 Å². The lowest BCUT2D eigenvalue weighted by Gasteiger charge is -2.01. The minimum Gasteiger partial charge on any atom is -0.369 e. The number of rotatable bonds is 1. The highest BCUT2D eigenvalue weighted by Gasteiger charge is 2.09. The Labute approximate surface area is 97.2 Å². The van der Waals surface area contributed by atoms with Crippen LogP contribution in [0.15, 0.2) is 35.8 Å². The maximum Gasteiger partial charge on any atom is 0.206 e. The highest BCUT2D eigenvalue weighted by molar-refractivity contribution is 7.16. The van der Waals surface area contributed by atoms with E-state index in [1.165, 1.54) is 11.1 Å². The monoisotopic (exact) mass is 229 g/mol. The Balaban J connectivity index is 2.25. The summed E-state index contributed by atoms with van der Waals surface area (Å²) in [6.07, 6.45) is 1.80. The molecule has 1 aromatic carbocycles. The molecule has 0 atom stereocenters. The van der Waals surface area contributed by atoms with Gasteiger partial charge in [0.25, 0.3) is 0 Å².